The first-order chi connectivity index (χ1) is 7.68. The summed E-state index contributed by atoms with van der Waals surface area (Å²) in [6.07, 6.45) is 1.40. The normalized spacial score (nSPS) is 19.4. The molecule has 0 amide bonds. The molecule has 1 heterocycles. The lowest BCUT2D eigenvalue weighted by molar-refractivity contribution is -0.0543. The minimum atomic E-state index is -0.624. The lowest BCUT2D eigenvalue weighted by atomic mass is 9.94. The molecule has 2 rings (SSSR count). The molecule has 2 N–H and O–H groups in total. The molecule has 0 bridgehead atoms. The predicted octanol–water partition coefficient (Wildman–Crippen LogP) is 2.40. The van der Waals surface area contributed by atoms with Crippen molar-refractivity contribution >= 4 is 21.6 Å². The van der Waals surface area contributed by atoms with Crippen molar-refractivity contribution in [1.29, 1.82) is 0 Å². The van der Waals surface area contributed by atoms with Gasteiger partial charge in [-0.3, -0.25) is 0 Å². The second-order valence-corrected chi connectivity index (χ2v) is 5.12. The summed E-state index contributed by atoms with van der Waals surface area (Å²) in [5.41, 5.74) is 0.398. The van der Waals surface area contributed by atoms with E-state index in [1.807, 2.05) is 24.3 Å². The van der Waals surface area contributed by atoms with Gasteiger partial charge in [-0.2, -0.15) is 0 Å². The predicted molar refractivity (Wildman–Crippen MR) is 67.6 cm³/mol. The van der Waals surface area contributed by atoms with E-state index in [1.165, 1.54) is 0 Å². The highest BCUT2D eigenvalue weighted by Gasteiger charge is 2.29. The molecule has 1 aromatic carbocycles. The number of aliphatic hydroxyl groups is 1. The quantitative estimate of drug-likeness (QED) is 0.896. The molecule has 3 nitrogen and oxygen atoms in total. The highest BCUT2D eigenvalue weighted by molar-refractivity contribution is 9.10. The van der Waals surface area contributed by atoms with Crippen molar-refractivity contribution in [2.75, 3.05) is 25.1 Å². The second kappa shape index (κ2) is 5.17. The first-order valence-corrected chi connectivity index (χ1v) is 6.27. The Bertz CT molecular complexity index is 351. The second-order valence-electron chi connectivity index (χ2n) is 4.20. The van der Waals surface area contributed by atoms with Gasteiger partial charge in [0.25, 0.3) is 0 Å². The summed E-state index contributed by atoms with van der Waals surface area (Å²) in [6.45, 7) is 1.88. The van der Waals surface area contributed by atoms with E-state index < -0.39 is 5.60 Å². The third-order valence-corrected chi connectivity index (χ3v) is 3.36. The van der Waals surface area contributed by atoms with Crippen molar-refractivity contribution in [3.63, 3.8) is 0 Å². The van der Waals surface area contributed by atoms with E-state index in [0.29, 0.717) is 32.6 Å². The molecule has 1 fully saturated rings. The van der Waals surface area contributed by atoms with E-state index in [-0.39, 0.29) is 0 Å². The molecule has 88 valence electrons. The van der Waals surface area contributed by atoms with Crippen LogP contribution in [0.3, 0.4) is 0 Å². The number of benzene rings is 1. The Kier molecular flexibility index (Phi) is 3.84. The van der Waals surface area contributed by atoms with Crippen LogP contribution in [0.25, 0.3) is 0 Å². The molecule has 1 aromatic rings. The van der Waals surface area contributed by atoms with Gasteiger partial charge in [-0.15, -0.1) is 0 Å². The zero-order valence-corrected chi connectivity index (χ0v) is 10.7. The molecule has 0 aromatic heterocycles. The summed E-state index contributed by atoms with van der Waals surface area (Å²) >= 11 is 3.42. The molecule has 1 aliphatic heterocycles. The first-order valence-electron chi connectivity index (χ1n) is 5.48. The summed E-state index contributed by atoms with van der Waals surface area (Å²) in [5.74, 6) is 0. The fourth-order valence-corrected chi connectivity index (χ4v) is 2.19. The number of ether oxygens (including phenoxy) is 1. The van der Waals surface area contributed by atoms with Crippen LogP contribution < -0.4 is 5.32 Å². The smallest absolute Gasteiger partial charge is 0.0863 e. The van der Waals surface area contributed by atoms with Gasteiger partial charge in [0, 0.05) is 42.8 Å². The van der Waals surface area contributed by atoms with Crippen LogP contribution in [-0.2, 0) is 4.74 Å². The van der Waals surface area contributed by atoms with Crippen molar-refractivity contribution < 1.29 is 9.84 Å². The van der Waals surface area contributed by atoms with Gasteiger partial charge < -0.3 is 15.2 Å². The monoisotopic (exact) mass is 285 g/mol. The van der Waals surface area contributed by atoms with Crippen LogP contribution >= 0.6 is 15.9 Å². The van der Waals surface area contributed by atoms with Crippen molar-refractivity contribution in [3.8, 4) is 0 Å². The van der Waals surface area contributed by atoms with E-state index in [1.54, 1.807) is 0 Å². The van der Waals surface area contributed by atoms with Crippen LogP contribution in [0.1, 0.15) is 12.8 Å². The third kappa shape index (κ3) is 3.20. The van der Waals surface area contributed by atoms with Crippen LogP contribution in [0.4, 0.5) is 5.69 Å². The van der Waals surface area contributed by atoms with Crippen LogP contribution in [0, 0.1) is 0 Å². The van der Waals surface area contributed by atoms with Crippen LogP contribution in [0.5, 0.6) is 0 Å². The molecular weight excluding hydrogens is 270 g/mol. The summed E-state index contributed by atoms with van der Waals surface area (Å²) < 4.78 is 6.28. The summed E-state index contributed by atoms with van der Waals surface area (Å²) in [4.78, 5) is 0. The van der Waals surface area contributed by atoms with Crippen molar-refractivity contribution in [2.45, 2.75) is 18.4 Å². The average Bonchev–Trinajstić information content (AvgIpc) is 2.28. The fourth-order valence-electron chi connectivity index (χ4n) is 1.79. The van der Waals surface area contributed by atoms with Gasteiger partial charge in [-0.25, -0.2) is 0 Å². The van der Waals surface area contributed by atoms with E-state index in [9.17, 15) is 5.11 Å². The number of anilines is 1. The maximum atomic E-state index is 10.2. The largest absolute Gasteiger partial charge is 0.388 e. The van der Waals surface area contributed by atoms with E-state index in [0.717, 1.165) is 10.2 Å². The van der Waals surface area contributed by atoms with Crippen LogP contribution in [0.2, 0.25) is 0 Å². The Morgan fingerprint density at radius 3 is 2.81 bits per heavy atom. The Hall–Kier alpha value is -0.580. The maximum absolute atomic E-state index is 10.2. The van der Waals surface area contributed by atoms with E-state index in [2.05, 4.69) is 21.2 Å². The van der Waals surface area contributed by atoms with Crippen LogP contribution in [-0.4, -0.2) is 30.5 Å². The minimum absolute atomic E-state index is 0.576. The Labute approximate surface area is 104 Å². The Morgan fingerprint density at radius 1 is 1.38 bits per heavy atom. The highest BCUT2D eigenvalue weighted by Crippen LogP contribution is 2.22. The number of hydrogen-bond donors (Lipinski definition) is 2. The molecule has 16 heavy (non-hydrogen) atoms. The SMILES string of the molecule is OC1(CNc2cccc(Br)c2)CCOCC1. The first kappa shape index (κ1) is 11.9. The lowest BCUT2D eigenvalue weighted by Crippen LogP contribution is -2.42. The molecule has 0 aliphatic carbocycles. The summed E-state index contributed by atoms with van der Waals surface area (Å²) in [6, 6.07) is 7.95. The van der Waals surface area contributed by atoms with Crippen LogP contribution in [0.15, 0.2) is 28.7 Å². The molecule has 0 saturated carbocycles. The average molecular weight is 286 g/mol. The summed E-state index contributed by atoms with van der Waals surface area (Å²) in [7, 11) is 0. The standard InChI is InChI=1S/C12H16BrNO2/c13-10-2-1-3-11(8-10)14-9-12(15)4-6-16-7-5-12/h1-3,8,14-15H,4-7,9H2. The lowest BCUT2D eigenvalue weighted by Gasteiger charge is -2.32. The molecule has 0 atom stereocenters. The summed E-state index contributed by atoms with van der Waals surface area (Å²) in [5, 5.41) is 13.5. The van der Waals surface area contributed by atoms with Gasteiger partial charge in [0.1, 0.15) is 0 Å². The third-order valence-electron chi connectivity index (χ3n) is 2.87. The molecule has 1 aliphatic rings. The zero-order chi connectivity index (χ0) is 11.4. The van der Waals surface area contributed by atoms with Crippen molar-refractivity contribution in [2.24, 2.45) is 0 Å². The van der Waals surface area contributed by atoms with Crippen molar-refractivity contribution in [1.82, 2.24) is 0 Å². The Morgan fingerprint density at radius 2 is 2.12 bits per heavy atom. The van der Waals surface area contributed by atoms with Gasteiger partial charge in [-0.1, -0.05) is 22.0 Å². The van der Waals surface area contributed by atoms with Gasteiger partial charge >= 0.3 is 0 Å². The number of hydrogen-bond acceptors (Lipinski definition) is 3. The molecule has 0 radical (unpaired) electrons. The van der Waals surface area contributed by atoms with Gasteiger partial charge in [0.2, 0.25) is 0 Å². The highest BCUT2D eigenvalue weighted by atomic mass is 79.9. The number of nitrogens with one attached hydrogen (secondary N) is 1. The fraction of sp³-hybridized carbons (Fsp3) is 0.500. The maximum Gasteiger partial charge on any atom is 0.0863 e. The molecule has 0 unspecified atom stereocenters. The zero-order valence-electron chi connectivity index (χ0n) is 9.08. The van der Waals surface area contributed by atoms with Crippen molar-refractivity contribution in [3.05, 3.63) is 28.7 Å². The van der Waals surface area contributed by atoms with Gasteiger partial charge in [0.15, 0.2) is 0 Å². The van der Waals surface area contributed by atoms with E-state index >= 15 is 0 Å². The van der Waals surface area contributed by atoms with E-state index in [4.69, 9.17) is 4.74 Å². The molecule has 4 heteroatoms. The van der Waals surface area contributed by atoms with Gasteiger partial charge in [0.05, 0.1) is 5.60 Å². The van der Waals surface area contributed by atoms with Gasteiger partial charge in [-0.05, 0) is 18.2 Å². The number of halogens is 1. The molecule has 0 spiro atoms. The topological polar surface area (TPSA) is 41.5 Å². The Balaban J connectivity index is 1.91. The molecule has 1 saturated heterocycles. The number of rotatable bonds is 3. The minimum Gasteiger partial charge on any atom is -0.388 e. The molecular formula is C12H16BrNO2.